The molecule has 1 N–H and O–H groups in total. The van der Waals surface area contributed by atoms with Gasteiger partial charge in [0.25, 0.3) is 0 Å². The minimum Gasteiger partial charge on any atom is -0.314 e. The van der Waals surface area contributed by atoms with Crippen LogP contribution in [0, 0.1) is 0 Å². The van der Waals surface area contributed by atoms with Crippen molar-refractivity contribution in [3.8, 4) is 0 Å². The molecule has 1 aliphatic heterocycles. The van der Waals surface area contributed by atoms with Gasteiger partial charge in [-0.2, -0.15) is 0 Å². The van der Waals surface area contributed by atoms with Crippen LogP contribution in [0.5, 0.6) is 0 Å². The fourth-order valence-corrected chi connectivity index (χ4v) is 1.78. The lowest BCUT2D eigenvalue weighted by atomic mass is 10.2. The molecule has 2 heteroatoms. The van der Waals surface area contributed by atoms with E-state index in [1.54, 1.807) is 0 Å². The molecule has 0 saturated carbocycles. The maximum Gasteiger partial charge on any atom is 0.0192 e. The molecule has 0 spiro atoms. The first-order chi connectivity index (χ1) is 5.84. The van der Waals surface area contributed by atoms with E-state index in [1.165, 1.54) is 45.4 Å². The first-order valence-electron chi connectivity index (χ1n) is 5.29. The fourth-order valence-electron chi connectivity index (χ4n) is 1.78. The van der Waals surface area contributed by atoms with E-state index in [-0.39, 0.29) is 0 Å². The summed E-state index contributed by atoms with van der Waals surface area (Å²) in [5.41, 5.74) is 0. The van der Waals surface area contributed by atoms with Gasteiger partial charge in [0.15, 0.2) is 0 Å². The molecule has 0 aliphatic carbocycles. The zero-order chi connectivity index (χ0) is 8.81. The number of nitrogens with one attached hydrogen (secondary N) is 1. The van der Waals surface area contributed by atoms with Crippen molar-refractivity contribution in [1.82, 2.24) is 10.2 Å². The lowest BCUT2D eigenvalue weighted by Crippen LogP contribution is -2.49. The van der Waals surface area contributed by atoms with Crippen LogP contribution in [-0.4, -0.2) is 37.1 Å². The smallest absolute Gasteiger partial charge is 0.0192 e. The molecule has 0 radical (unpaired) electrons. The molecule has 12 heavy (non-hydrogen) atoms. The number of nitrogens with zero attached hydrogens (tertiary/aromatic N) is 1. The van der Waals surface area contributed by atoms with Crippen LogP contribution in [0.15, 0.2) is 0 Å². The van der Waals surface area contributed by atoms with Crippen molar-refractivity contribution in [3.63, 3.8) is 0 Å². The van der Waals surface area contributed by atoms with E-state index in [9.17, 15) is 0 Å². The number of piperazine rings is 1. The average molecular weight is 170 g/mol. The molecule has 0 aromatic heterocycles. The highest BCUT2D eigenvalue weighted by Gasteiger charge is 2.16. The van der Waals surface area contributed by atoms with Gasteiger partial charge in [-0.15, -0.1) is 0 Å². The van der Waals surface area contributed by atoms with E-state index < -0.39 is 0 Å². The summed E-state index contributed by atoms with van der Waals surface area (Å²) in [7, 11) is 0. The highest BCUT2D eigenvalue weighted by Crippen LogP contribution is 2.05. The van der Waals surface area contributed by atoms with Gasteiger partial charge < -0.3 is 5.32 Å². The van der Waals surface area contributed by atoms with E-state index in [4.69, 9.17) is 0 Å². The Hall–Kier alpha value is -0.0800. The standard InChI is InChI=1S/C10H22N2/c1-3-4-5-7-12-8-6-11-9-10(12)2/h10-11H,3-9H2,1-2H3/t10-/m0/s1. The maximum absolute atomic E-state index is 3.41. The van der Waals surface area contributed by atoms with E-state index in [1.807, 2.05) is 0 Å². The highest BCUT2D eigenvalue weighted by atomic mass is 15.2. The van der Waals surface area contributed by atoms with Gasteiger partial charge in [0.1, 0.15) is 0 Å². The summed E-state index contributed by atoms with van der Waals surface area (Å²) in [5.74, 6) is 0. The third-order valence-electron chi connectivity index (χ3n) is 2.69. The molecule has 1 heterocycles. The molecule has 0 aromatic rings. The second kappa shape index (κ2) is 5.55. The van der Waals surface area contributed by atoms with Crippen LogP contribution >= 0.6 is 0 Å². The molecule has 2 nitrogen and oxygen atoms in total. The van der Waals surface area contributed by atoms with Gasteiger partial charge in [0.05, 0.1) is 0 Å². The normalized spacial score (nSPS) is 26.0. The van der Waals surface area contributed by atoms with Crippen molar-refractivity contribution in [2.75, 3.05) is 26.2 Å². The predicted molar refractivity (Wildman–Crippen MR) is 53.4 cm³/mol. The number of hydrogen-bond donors (Lipinski definition) is 1. The van der Waals surface area contributed by atoms with Gasteiger partial charge in [0.2, 0.25) is 0 Å². The van der Waals surface area contributed by atoms with Crippen molar-refractivity contribution in [2.45, 2.75) is 39.2 Å². The molecule has 1 fully saturated rings. The summed E-state index contributed by atoms with van der Waals surface area (Å²) < 4.78 is 0. The van der Waals surface area contributed by atoms with E-state index in [0.29, 0.717) is 0 Å². The minimum absolute atomic E-state index is 0.746. The van der Waals surface area contributed by atoms with E-state index >= 15 is 0 Å². The lowest BCUT2D eigenvalue weighted by Gasteiger charge is -2.33. The Bertz CT molecular complexity index is 114. The molecule has 72 valence electrons. The molecule has 0 amide bonds. The monoisotopic (exact) mass is 170 g/mol. The van der Waals surface area contributed by atoms with Gasteiger partial charge >= 0.3 is 0 Å². The SMILES string of the molecule is CCCCCN1CCNC[C@@H]1C. The first-order valence-corrected chi connectivity index (χ1v) is 5.29. The Labute approximate surface area is 76.3 Å². The minimum atomic E-state index is 0.746. The van der Waals surface area contributed by atoms with Crippen LogP contribution in [-0.2, 0) is 0 Å². The van der Waals surface area contributed by atoms with Crippen LogP contribution in [0.3, 0.4) is 0 Å². The molecule has 0 unspecified atom stereocenters. The quantitative estimate of drug-likeness (QED) is 0.643. The topological polar surface area (TPSA) is 15.3 Å². The Kier molecular flexibility index (Phi) is 4.62. The Morgan fingerprint density at radius 3 is 2.92 bits per heavy atom. The molecule has 0 aromatic carbocycles. The van der Waals surface area contributed by atoms with E-state index in [0.717, 1.165) is 6.04 Å². The fraction of sp³-hybridized carbons (Fsp3) is 1.00. The molecule has 1 atom stereocenters. The Morgan fingerprint density at radius 1 is 1.42 bits per heavy atom. The van der Waals surface area contributed by atoms with Gasteiger partial charge in [-0.05, 0) is 19.9 Å². The van der Waals surface area contributed by atoms with Crippen LogP contribution in [0.2, 0.25) is 0 Å². The van der Waals surface area contributed by atoms with Crippen LogP contribution in [0.1, 0.15) is 33.1 Å². The molecular formula is C10H22N2. The van der Waals surface area contributed by atoms with Crippen molar-refractivity contribution >= 4 is 0 Å². The average Bonchev–Trinajstić information content (AvgIpc) is 2.09. The summed E-state index contributed by atoms with van der Waals surface area (Å²) in [6.07, 6.45) is 4.10. The molecule has 1 rings (SSSR count). The second-order valence-corrected chi connectivity index (χ2v) is 3.80. The lowest BCUT2D eigenvalue weighted by molar-refractivity contribution is 0.171. The van der Waals surface area contributed by atoms with Gasteiger partial charge in [-0.1, -0.05) is 19.8 Å². The number of hydrogen-bond acceptors (Lipinski definition) is 2. The van der Waals surface area contributed by atoms with Gasteiger partial charge in [0, 0.05) is 25.7 Å². The van der Waals surface area contributed by atoms with Crippen LogP contribution in [0.25, 0.3) is 0 Å². The summed E-state index contributed by atoms with van der Waals surface area (Å²) in [6, 6.07) is 0.746. The third kappa shape index (κ3) is 3.11. The molecule has 1 aliphatic rings. The third-order valence-corrected chi connectivity index (χ3v) is 2.69. The highest BCUT2D eigenvalue weighted by molar-refractivity contribution is 4.75. The van der Waals surface area contributed by atoms with Crippen molar-refractivity contribution in [2.24, 2.45) is 0 Å². The van der Waals surface area contributed by atoms with Crippen molar-refractivity contribution in [3.05, 3.63) is 0 Å². The Balaban J connectivity index is 2.11. The summed E-state index contributed by atoms with van der Waals surface area (Å²) in [6.45, 7) is 9.48. The van der Waals surface area contributed by atoms with Crippen LogP contribution < -0.4 is 5.32 Å². The first kappa shape index (κ1) is 10.0. The zero-order valence-corrected chi connectivity index (χ0v) is 8.47. The largest absolute Gasteiger partial charge is 0.314 e. The summed E-state index contributed by atoms with van der Waals surface area (Å²) >= 11 is 0. The maximum atomic E-state index is 3.41. The van der Waals surface area contributed by atoms with Crippen molar-refractivity contribution in [1.29, 1.82) is 0 Å². The summed E-state index contributed by atoms with van der Waals surface area (Å²) in [5, 5.41) is 3.41. The number of rotatable bonds is 4. The second-order valence-electron chi connectivity index (χ2n) is 3.80. The van der Waals surface area contributed by atoms with Gasteiger partial charge in [-0.3, -0.25) is 4.90 Å². The molecule has 1 saturated heterocycles. The zero-order valence-electron chi connectivity index (χ0n) is 8.47. The van der Waals surface area contributed by atoms with E-state index in [2.05, 4.69) is 24.1 Å². The molecule has 0 bridgehead atoms. The predicted octanol–water partition coefficient (Wildman–Crippen LogP) is 1.47. The van der Waals surface area contributed by atoms with Crippen molar-refractivity contribution < 1.29 is 0 Å². The van der Waals surface area contributed by atoms with Crippen LogP contribution in [0.4, 0.5) is 0 Å². The van der Waals surface area contributed by atoms with Gasteiger partial charge in [-0.25, -0.2) is 0 Å². The summed E-state index contributed by atoms with van der Waals surface area (Å²) in [4.78, 5) is 2.60. The Morgan fingerprint density at radius 2 is 2.25 bits per heavy atom. The number of unbranched alkanes of at least 4 members (excludes halogenated alkanes) is 2. The molecular weight excluding hydrogens is 148 g/mol.